The first-order chi connectivity index (χ1) is 22.6. The molecule has 0 N–H and O–H groups in total. The SMILES string of the molecule is C#C.C=C(C/C(=C\N(C/C=C\C)C(C)C)CN1CCC(CN(C=O)c2ccc(C)cc2)(OC)CC1)/C(=C/C)CC.C=CC.CC.CP. The second kappa shape index (κ2) is 30.4. The van der Waals surface area contributed by atoms with Gasteiger partial charge in [0.25, 0.3) is 0 Å². The van der Waals surface area contributed by atoms with Crippen molar-refractivity contribution in [2.75, 3.05) is 51.4 Å². The fourth-order valence-electron chi connectivity index (χ4n) is 5.13. The summed E-state index contributed by atoms with van der Waals surface area (Å²) in [6.45, 7) is 32.8. The van der Waals surface area contributed by atoms with E-state index in [-0.39, 0.29) is 5.60 Å². The summed E-state index contributed by atoms with van der Waals surface area (Å²) in [4.78, 5) is 18.7. The van der Waals surface area contributed by atoms with Gasteiger partial charge in [-0.1, -0.05) is 76.0 Å². The summed E-state index contributed by atoms with van der Waals surface area (Å²) in [6, 6.07) is 8.53. The van der Waals surface area contributed by atoms with Gasteiger partial charge in [-0.3, -0.25) is 9.69 Å². The highest BCUT2D eigenvalue weighted by molar-refractivity contribution is 7.15. The van der Waals surface area contributed by atoms with Gasteiger partial charge in [-0.2, -0.15) is 0 Å². The molecule has 1 saturated heterocycles. The molecule has 0 bridgehead atoms. The quantitative estimate of drug-likeness (QED) is 0.0614. The van der Waals surface area contributed by atoms with Crippen LogP contribution < -0.4 is 4.90 Å². The predicted molar refractivity (Wildman–Crippen MR) is 215 cm³/mol. The zero-order valence-electron chi connectivity index (χ0n) is 32.0. The summed E-state index contributed by atoms with van der Waals surface area (Å²) < 4.78 is 6.10. The molecule has 1 aliphatic heterocycles. The van der Waals surface area contributed by atoms with Gasteiger partial charge in [-0.05, 0) is 96.1 Å². The Bertz CT molecular complexity index is 1060. The minimum absolute atomic E-state index is 0.341. The minimum Gasteiger partial charge on any atom is -0.376 e. The minimum atomic E-state index is -0.341. The molecule has 1 unspecified atom stereocenters. The highest BCUT2D eigenvalue weighted by Crippen LogP contribution is 2.30. The van der Waals surface area contributed by atoms with Crippen molar-refractivity contribution in [1.29, 1.82) is 0 Å². The number of carbonyl (C=O) groups excluding carboxylic acids is 1. The fraction of sp³-hybridized carbons (Fsp3) is 0.537. The Morgan fingerprint density at radius 3 is 2.04 bits per heavy atom. The number of anilines is 1. The second-order valence-corrected chi connectivity index (χ2v) is 11.2. The molecule has 47 heavy (non-hydrogen) atoms. The van der Waals surface area contributed by atoms with Gasteiger partial charge < -0.3 is 14.5 Å². The lowest BCUT2D eigenvalue weighted by Crippen LogP contribution is -2.52. The number of nitrogens with zero attached hydrogens (tertiary/aromatic N) is 3. The van der Waals surface area contributed by atoms with Crippen LogP contribution in [0.4, 0.5) is 5.69 Å². The van der Waals surface area contributed by atoms with Crippen LogP contribution in [0.5, 0.6) is 0 Å². The van der Waals surface area contributed by atoms with E-state index in [4.69, 9.17) is 4.74 Å². The number of rotatable bonds is 15. The molecule has 1 atom stereocenters. The third-order valence-corrected chi connectivity index (χ3v) is 7.77. The predicted octanol–water partition coefficient (Wildman–Crippen LogP) is 9.87. The lowest BCUT2D eigenvalue weighted by Gasteiger charge is -2.43. The molecule has 1 fully saturated rings. The van der Waals surface area contributed by atoms with Crippen molar-refractivity contribution in [2.45, 2.75) is 99.6 Å². The van der Waals surface area contributed by atoms with Crippen molar-refractivity contribution < 1.29 is 9.53 Å². The van der Waals surface area contributed by atoms with Gasteiger partial charge in [0.2, 0.25) is 6.41 Å². The first-order valence-corrected chi connectivity index (χ1v) is 18.2. The van der Waals surface area contributed by atoms with Crippen molar-refractivity contribution in [3.63, 3.8) is 0 Å². The molecule has 1 aromatic rings. The average molecular weight is 668 g/mol. The van der Waals surface area contributed by atoms with E-state index in [1.807, 2.05) is 51.7 Å². The number of aryl methyl sites for hydroxylation is 1. The van der Waals surface area contributed by atoms with Crippen molar-refractivity contribution in [1.82, 2.24) is 9.80 Å². The van der Waals surface area contributed by atoms with Crippen LogP contribution >= 0.6 is 9.24 Å². The molecule has 266 valence electrons. The normalized spacial score (nSPS) is 14.1. The smallest absolute Gasteiger partial charge is 0.214 e. The van der Waals surface area contributed by atoms with E-state index < -0.39 is 0 Å². The Kier molecular flexibility index (Phi) is 31.4. The number of benzene rings is 1. The molecule has 0 saturated carbocycles. The summed E-state index contributed by atoms with van der Waals surface area (Å²) in [7, 11) is 4.20. The molecule has 0 aromatic heterocycles. The van der Waals surface area contributed by atoms with Crippen LogP contribution in [0.1, 0.15) is 86.6 Å². The van der Waals surface area contributed by atoms with Crippen molar-refractivity contribution in [2.24, 2.45) is 0 Å². The standard InChI is InChI=1S/C33H51N3O2.C3H6.C2H6.C2H2.CH5P/c1-9-12-19-35(27(4)5)24-30(22-29(7)31(10-2)11-3)23-34-20-17-33(38-8,18-21-34)25-36(26-37)32-15-13-28(6)14-16-32;1-3-2;3*1-2/h9-10,12-16,24,26-27H,7,11,17-23,25H2,1-6,8H3;3H,1H2,2H3;1-2H3;1-2H;2H2,1H3/b12-9-,30-24+,31-10+;;;;. The van der Waals surface area contributed by atoms with Gasteiger partial charge in [0.05, 0.1) is 12.1 Å². The van der Waals surface area contributed by atoms with E-state index in [0.717, 1.165) is 64.0 Å². The number of terminal acetylenes is 1. The maximum Gasteiger partial charge on any atom is 0.214 e. The molecule has 1 aliphatic rings. The third-order valence-electron chi connectivity index (χ3n) is 7.77. The molecular formula is C41H70N3O2P. The van der Waals surface area contributed by atoms with Crippen molar-refractivity contribution >= 4 is 21.3 Å². The maximum absolute atomic E-state index is 12.0. The zero-order valence-corrected chi connectivity index (χ0v) is 33.2. The first-order valence-electron chi connectivity index (χ1n) is 17.1. The highest BCUT2D eigenvalue weighted by Gasteiger charge is 2.36. The molecular weight excluding hydrogens is 597 g/mol. The molecule has 1 aromatic carbocycles. The summed E-state index contributed by atoms with van der Waals surface area (Å²) >= 11 is 0. The Morgan fingerprint density at radius 1 is 1.11 bits per heavy atom. The van der Waals surface area contributed by atoms with Crippen LogP contribution in [-0.2, 0) is 9.53 Å². The average Bonchev–Trinajstić information content (AvgIpc) is 3.10. The first kappa shape index (κ1) is 48.5. The van der Waals surface area contributed by atoms with Gasteiger partial charge in [-0.25, -0.2) is 0 Å². The van der Waals surface area contributed by atoms with Crippen molar-refractivity contribution in [3.05, 3.63) is 90.2 Å². The molecule has 6 heteroatoms. The topological polar surface area (TPSA) is 36.0 Å². The fourth-order valence-corrected chi connectivity index (χ4v) is 5.13. The van der Waals surface area contributed by atoms with Gasteiger partial charge in [0.15, 0.2) is 0 Å². The second-order valence-electron chi connectivity index (χ2n) is 11.2. The number of likely N-dealkylation sites (tertiary alicyclic amines) is 1. The van der Waals surface area contributed by atoms with E-state index >= 15 is 0 Å². The van der Waals surface area contributed by atoms with Crippen LogP contribution in [0.3, 0.4) is 0 Å². The largest absolute Gasteiger partial charge is 0.376 e. The number of piperidine rings is 1. The number of hydrogen-bond donors (Lipinski definition) is 0. The molecule has 0 spiro atoms. The molecule has 1 amide bonds. The van der Waals surface area contributed by atoms with E-state index in [1.165, 1.54) is 22.3 Å². The Balaban J connectivity index is -0.00000196. The molecule has 1 heterocycles. The Labute approximate surface area is 294 Å². The van der Waals surface area contributed by atoms with Crippen LogP contribution in [0.25, 0.3) is 0 Å². The molecule has 5 nitrogen and oxygen atoms in total. The molecule has 2 rings (SSSR count). The lowest BCUT2D eigenvalue weighted by molar-refractivity contribution is -0.109. The summed E-state index contributed by atoms with van der Waals surface area (Å²) in [5.41, 5.74) is 5.69. The van der Waals surface area contributed by atoms with Gasteiger partial charge in [-0.15, -0.1) is 28.7 Å². The summed E-state index contributed by atoms with van der Waals surface area (Å²) in [6.07, 6.45) is 23.2. The van der Waals surface area contributed by atoms with Crippen LogP contribution in [0, 0.1) is 19.8 Å². The van der Waals surface area contributed by atoms with E-state index in [1.54, 1.807) is 18.1 Å². The van der Waals surface area contributed by atoms with E-state index in [0.29, 0.717) is 12.6 Å². The highest BCUT2D eigenvalue weighted by atomic mass is 31.0. The molecule has 0 radical (unpaired) electrons. The third kappa shape index (κ3) is 19.5. The van der Waals surface area contributed by atoms with Crippen LogP contribution in [-0.4, -0.2) is 74.4 Å². The monoisotopic (exact) mass is 668 g/mol. The van der Waals surface area contributed by atoms with Gasteiger partial charge >= 0.3 is 0 Å². The molecule has 0 aliphatic carbocycles. The van der Waals surface area contributed by atoms with Gasteiger partial charge in [0, 0.05) is 51.2 Å². The summed E-state index contributed by atoms with van der Waals surface area (Å²) in [5, 5.41) is 0. The summed E-state index contributed by atoms with van der Waals surface area (Å²) in [5.74, 6) is 0. The maximum atomic E-state index is 12.0. The van der Waals surface area contributed by atoms with Crippen LogP contribution in [0.2, 0.25) is 0 Å². The number of amides is 1. The number of methoxy groups -OCH3 is 1. The number of carbonyl (C=O) groups is 1. The van der Waals surface area contributed by atoms with Crippen LogP contribution in [0.15, 0.2) is 84.6 Å². The zero-order chi connectivity index (χ0) is 36.8. The van der Waals surface area contributed by atoms with Gasteiger partial charge in [0.1, 0.15) is 0 Å². The Hall–Kier alpha value is -2.90. The number of allylic oxidation sites excluding steroid dienone is 5. The Morgan fingerprint density at radius 2 is 1.64 bits per heavy atom. The van der Waals surface area contributed by atoms with Crippen molar-refractivity contribution in [3.8, 4) is 12.8 Å². The lowest BCUT2D eigenvalue weighted by atomic mass is 9.89. The number of ether oxygens (including phenoxy) is 1. The number of hydrogen-bond acceptors (Lipinski definition) is 4. The van der Waals surface area contributed by atoms with E-state index in [9.17, 15) is 4.79 Å². The van der Waals surface area contributed by atoms with E-state index in [2.05, 4.69) is 111 Å².